The quantitative estimate of drug-likeness (QED) is 0.424. The van der Waals surface area contributed by atoms with E-state index in [1.165, 1.54) is 0 Å². The van der Waals surface area contributed by atoms with E-state index < -0.39 is 12.8 Å². The molecule has 1 unspecified atom stereocenters. The van der Waals surface area contributed by atoms with Crippen LogP contribution in [0, 0.1) is 0 Å². The molecule has 0 saturated carbocycles. The number of aliphatic hydroxyl groups excluding tert-OH is 1. The number of anilines is 2. The first kappa shape index (κ1) is 19.2. The molecule has 1 atom stereocenters. The SMILES string of the molecule is CNc1ccc(-c2ccc(-c3nc4ccc(NCC(O)CF)cc4s3)cn2)cn1. The second-order valence-electron chi connectivity index (χ2n) is 6.50. The van der Waals surface area contributed by atoms with Crippen LogP contribution in [0.25, 0.3) is 32.0 Å². The monoisotopic (exact) mass is 409 g/mol. The van der Waals surface area contributed by atoms with Gasteiger partial charge in [0.15, 0.2) is 0 Å². The fraction of sp³-hybridized carbons (Fsp3) is 0.190. The molecule has 1 aromatic carbocycles. The van der Waals surface area contributed by atoms with Crippen LogP contribution in [-0.4, -0.2) is 46.4 Å². The lowest BCUT2D eigenvalue weighted by molar-refractivity contribution is 0.151. The lowest BCUT2D eigenvalue weighted by atomic mass is 10.1. The molecular weight excluding hydrogens is 389 g/mol. The summed E-state index contributed by atoms with van der Waals surface area (Å²) in [5.41, 5.74) is 4.45. The number of hydrogen-bond donors (Lipinski definition) is 3. The molecule has 0 aliphatic rings. The van der Waals surface area contributed by atoms with E-state index in [0.29, 0.717) is 0 Å². The molecule has 0 fully saturated rings. The van der Waals surface area contributed by atoms with E-state index in [-0.39, 0.29) is 6.54 Å². The summed E-state index contributed by atoms with van der Waals surface area (Å²) in [4.78, 5) is 13.6. The highest BCUT2D eigenvalue weighted by atomic mass is 32.1. The van der Waals surface area contributed by atoms with Crippen LogP contribution in [0.3, 0.4) is 0 Å². The fourth-order valence-electron chi connectivity index (χ4n) is 2.83. The zero-order valence-electron chi connectivity index (χ0n) is 15.8. The van der Waals surface area contributed by atoms with Crippen LogP contribution in [0.4, 0.5) is 15.9 Å². The van der Waals surface area contributed by atoms with E-state index >= 15 is 0 Å². The second kappa shape index (κ2) is 8.50. The summed E-state index contributed by atoms with van der Waals surface area (Å²) in [5.74, 6) is 0.813. The number of thiazole rings is 1. The van der Waals surface area contributed by atoms with Crippen LogP contribution < -0.4 is 10.6 Å². The van der Waals surface area contributed by atoms with E-state index in [4.69, 9.17) is 0 Å². The van der Waals surface area contributed by atoms with Crippen molar-refractivity contribution in [1.29, 1.82) is 0 Å². The van der Waals surface area contributed by atoms with Gasteiger partial charge in [0.25, 0.3) is 0 Å². The molecule has 3 N–H and O–H groups in total. The van der Waals surface area contributed by atoms with Crippen LogP contribution in [0.15, 0.2) is 54.9 Å². The summed E-state index contributed by atoms with van der Waals surface area (Å²) in [5, 5.41) is 16.3. The van der Waals surface area contributed by atoms with Gasteiger partial charge in [0, 0.05) is 42.8 Å². The summed E-state index contributed by atoms with van der Waals surface area (Å²) in [7, 11) is 1.83. The van der Waals surface area contributed by atoms with E-state index in [9.17, 15) is 9.50 Å². The molecule has 29 heavy (non-hydrogen) atoms. The highest BCUT2D eigenvalue weighted by Gasteiger charge is 2.09. The molecule has 3 heterocycles. The average Bonchev–Trinajstić information content (AvgIpc) is 3.21. The molecule has 0 amide bonds. The number of halogens is 1. The maximum Gasteiger partial charge on any atom is 0.126 e. The van der Waals surface area contributed by atoms with Crippen LogP contribution in [0.2, 0.25) is 0 Å². The Hall–Kier alpha value is -3.10. The third kappa shape index (κ3) is 4.33. The van der Waals surface area contributed by atoms with Crippen LogP contribution in [0.1, 0.15) is 0 Å². The van der Waals surface area contributed by atoms with Crippen molar-refractivity contribution in [3.05, 3.63) is 54.9 Å². The molecule has 8 heteroatoms. The Labute approximate surface area is 171 Å². The van der Waals surface area contributed by atoms with Crippen molar-refractivity contribution in [2.45, 2.75) is 6.10 Å². The summed E-state index contributed by atoms with van der Waals surface area (Å²) >= 11 is 1.56. The minimum Gasteiger partial charge on any atom is -0.389 e. The van der Waals surface area contributed by atoms with Gasteiger partial charge in [0.05, 0.1) is 22.0 Å². The fourth-order valence-corrected chi connectivity index (χ4v) is 3.83. The van der Waals surface area contributed by atoms with Gasteiger partial charge in [-0.05, 0) is 42.5 Å². The maximum absolute atomic E-state index is 12.4. The maximum atomic E-state index is 12.4. The van der Waals surface area contributed by atoms with E-state index in [1.54, 1.807) is 17.5 Å². The van der Waals surface area contributed by atoms with Gasteiger partial charge in [-0.25, -0.2) is 14.4 Å². The highest BCUT2D eigenvalue weighted by Crippen LogP contribution is 2.32. The number of benzene rings is 1. The topological polar surface area (TPSA) is 83.0 Å². The first-order valence-electron chi connectivity index (χ1n) is 9.15. The lowest BCUT2D eigenvalue weighted by Gasteiger charge is -2.09. The third-order valence-corrected chi connectivity index (χ3v) is 5.50. The molecule has 4 aromatic rings. The molecule has 148 valence electrons. The van der Waals surface area contributed by atoms with Gasteiger partial charge in [0.2, 0.25) is 0 Å². The number of aliphatic hydroxyl groups is 1. The Bertz CT molecular complexity index is 1100. The van der Waals surface area contributed by atoms with E-state index in [2.05, 4.69) is 25.6 Å². The van der Waals surface area contributed by atoms with Gasteiger partial charge in [-0.3, -0.25) is 4.98 Å². The Morgan fingerprint density at radius 2 is 1.90 bits per heavy atom. The summed E-state index contributed by atoms with van der Waals surface area (Å²) < 4.78 is 13.4. The molecule has 6 nitrogen and oxygen atoms in total. The predicted octanol–water partition coefficient (Wildman–Crippen LogP) is 4.20. The normalized spacial score (nSPS) is 12.1. The van der Waals surface area contributed by atoms with Crippen molar-refractivity contribution < 1.29 is 9.50 Å². The van der Waals surface area contributed by atoms with Crippen molar-refractivity contribution in [2.75, 3.05) is 30.9 Å². The van der Waals surface area contributed by atoms with Crippen molar-refractivity contribution in [3.63, 3.8) is 0 Å². The minimum absolute atomic E-state index is 0.170. The molecule has 4 rings (SSSR count). The molecule has 0 aliphatic heterocycles. The van der Waals surface area contributed by atoms with Gasteiger partial charge in [-0.1, -0.05) is 0 Å². The number of nitrogens with one attached hydrogen (secondary N) is 2. The van der Waals surface area contributed by atoms with Gasteiger partial charge in [-0.15, -0.1) is 11.3 Å². The zero-order valence-corrected chi connectivity index (χ0v) is 16.6. The summed E-state index contributed by atoms with van der Waals surface area (Å²) in [6, 6.07) is 13.6. The first-order valence-corrected chi connectivity index (χ1v) is 9.97. The highest BCUT2D eigenvalue weighted by molar-refractivity contribution is 7.21. The van der Waals surface area contributed by atoms with E-state index in [0.717, 1.165) is 43.6 Å². The largest absolute Gasteiger partial charge is 0.389 e. The van der Waals surface area contributed by atoms with Gasteiger partial charge < -0.3 is 15.7 Å². The van der Waals surface area contributed by atoms with Crippen molar-refractivity contribution in [3.8, 4) is 21.8 Å². The molecule has 0 aliphatic carbocycles. The standard InChI is InChI=1S/C21H20FN5OS/c1-23-20-7-3-13(10-26-20)17-5-2-14(11-25-17)21-27-18-6-4-15(8-19(18)29-21)24-12-16(28)9-22/h2-8,10-11,16,24,28H,9,12H2,1H3,(H,23,26). The Morgan fingerprint density at radius 1 is 1.07 bits per heavy atom. The third-order valence-electron chi connectivity index (χ3n) is 4.43. The van der Waals surface area contributed by atoms with E-state index in [1.807, 2.05) is 55.7 Å². The molecular formula is C21H20FN5OS. The van der Waals surface area contributed by atoms with Gasteiger partial charge in [-0.2, -0.15) is 0 Å². The number of aromatic nitrogens is 3. The Morgan fingerprint density at radius 3 is 2.59 bits per heavy atom. The lowest BCUT2D eigenvalue weighted by Crippen LogP contribution is -2.21. The Balaban J connectivity index is 1.54. The molecule has 0 bridgehead atoms. The van der Waals surface area contributed by atoms with Crippen molar-refractivity contribution in [2.24, 2.45) is 0 Å². The molecule has 0 saturated heterocycles. The van der Waals surface area contributed by atoms with Crippen LogP contribution in [0.5, 0.6) is 0 Å². The number of pyridine rings is 2. The smallest absolute Gasteiger partial charge is 0.126 e. The second-order valence-corrected chi connectivity index (χ2v) is 7.54. The first-order chi connectivity index (χ1) is 14.2. The molecule has 0 spiro atoms. The minimum atomic E-state index is -1.00. The van der Waals surface area contributed by atoms with Gasteiger partial charge >= 0.3 is 0 Å². The number of nitrogens with zero attached hydrogens (tertiary/aromatic N) is 3. The molecule has 3 aromatic heterocycles. The van der Waals surface area contributed by atoms with Gasteiger partial charge in [0.1, 0.15) is 17.5 Å². The average molecular weight is 409 g/mol. The number of alkyl halides is 1. The zero-order chi connectivity index (χ0) is 20.2. The molecule has 0 radical (unpaired) electrons. The van der Waals surface area contributed by atoms with Crippen molar-refractivity contribution in [1.82, 2.24) is 15.0 Å². The van der Waals surface area contributed by atoms with Crippen LogP contribution >= 0.6 is 11.3 Å². The Kier molecular flexibility index (Phi) is 5.64. The summed E-state index contributed by atoms with van der Waals surface area (Å²) in [6.45, 7) is -0.595. The summed E-state index contributed by atoms with van der Waals surface area (Å²) in [6.07, 6.45) is 2.60. The number of rotatable bonds is 7. The van der Waals surface area contributed by atoms with Crippen LogP contribution in [-0.2, 0) is 0 Å². The number of fused-ring (bicyclic) bond motifs is 1. The number of hydrogen-bond acceptors (Lipinski definition) is 7. The van der Waals surface area contributed by atoms with Crippen molar-refractivity contribution >= 4 is 33.1 Å². The predicted molar refractivity (Wildman–Crippen MR) is 116 cm³/mol.